The van der Waals surface area contributed by atoms with Gasteiger partial charge >= 0.3 is 7.82 Å². The van der Waals surface area contributed by atoms with Gasteiger partial charge in [0.2, 0.25) is 5.95 Å². The van der Waals surface area contributed by atoms with Crippen molar-refractivity contribution in [2.75, 3.05) is 24.7 Å². The van der Waals surface area contributed by atoms with Crippen LogP contribution in [0.5, 0.6) is 0 Å². The second kappa shape index (κ2) is 10.8. The number of hydrogen-bond acceptors (Lipinski definition) is 19. The van der Waals surface area contributed by atoms with E-state index in [4.69, 9.17) is 39.0 Å². The molecule has 242 valence electrons. The third-order valence-corrected chi connectivity index (χ3v) is 9.27. The molecule has 4 aromatic rings. The van der Waals surface area contributed by atoms with Crippen LogP contribution >= 0.6 is 15.6 Å². The van der Waals surface area contributed by atoms with Gasteiger partial charge in [-0.25, -0.2) is 24.5 Å². The number of nitrogens with one attached hydrogen (secondary N) is 1. The van der Waals surface area contributed by atoms with Crippen LogP contribution in [-0.4, -0.2) is 104 Å². The molecule has 4 aromatic heterocycles. The number of hydrogen-bond donors (Lipinski definition) is 6. The molecular formula is C20H23N10O13P2-. The molecule has 10 atom stereocenters. The van der Waals surface area contributed by atoms with Gasteiger partial charge in [0.05, 0.1) is 25.9 Å². The molecule has 0 aromatic carbocycles. The Morgan fingerprint density at radius 1 is 0.889 bits per heavy atom. The van der Waals surface area contributed by atoms with Crippen LogP contribution in [0.1, 0.15) is 12.5 Å². The number of aliphatic hydroxyl groups is 2. The summed E-state index contributed by atoms with van der Waals surface area (Å²) >= 11 is 0. The number of nitrogens with zero attached hydrogens (tertiary/aromatic N) is 7. The van der Waals surface area contributed by atoms with Crippen molar-refractivity contribution in [3.63, 3.8) is 0 Å². The Balaban J connectivity index is 1.23. The van der Waals surface area contributed by atoms with Gasteiger partial charge < -0.3 is 50.0 Å². The van der Waals surface area contributed by atoms with Gasteiger partial charge in [-0.15, -0.1) is 0 Å². The van der Waals surface area contributed by atoms with Crippen LogP contribution in [0, 0.1) is 0 Å². The zero-order chi connectivity index (χ0) is 31.8. The summed E-state index contributed by atoms with van der Waals surface area (Å²) in [5, 5.41) is 22.0. The van der Waals surface area contributed by atoms with E-state index in [0.717, 1.165) is 17.2 Å². The van der Waals surface area contributed by atoms with Crippen molar-refractivity contribution in [3.05, 3.63) is 29.3 Å². The highest BCUT2D eigenvalue weighted by atomic mass is 31.2. The minimum absolute atomic E-state index is 0.00546. The summed E-state index contributed by atoms with van der Waals surface area (Å²) in [5.74, 6) is -0.290. The lowest BCUT2D eigenvalue weighted by molar-refractivity contribution is -0.237. The molecule has 3 aliphatic rings. The Hall–Kier alpha value is -3.44. The van der Waals surface area contributed by atoms with Crippen molar-refractivity contribution >= 4 is 49.7 Å². The van der Waals surface area contributed by atoms with Gasteiger partial charge in [0.15, 0.2) is 35.1 Å². The molecule has 10 unspecified atom stereocenters. The van der Waals surface area contributed by atoms with Crippen LogP contribution in [-0.2, 0) is 36.7 Å². The zero-order valence-corrected chi connectivity index (χ0v) is 24.2. The number of rotatable bonds is 2. The number of fused-ring (bicyclic) bond motifs is 6. The number of nitrogen functional groups attached to an aromatic ring is 2. The number of anilines is 2. The number of aromatic nitrogens is 8. The van der Waals surface area contributed by atoms with E-state index >= 15 is 0 Å². The summed E-state index contributed by atoms with van der Waals surface area (Å²) in [6, 6.07) is 0. The molecule has 3 fully saturated rings. The Bertz CT molecular complexity index is 1940. The summed E-state index contributed by atoms with van der Waals surface area (Å²) in [7, 11) is -10.4. The molecule has 25 heteroatoms. The minimum Gasteiger partial charge on any atom is -0.756 e. The Kier molecular flexibility index (Phi) is 7.27. The first-order chi connectivity index (χ1) is 21.3. The first-order valence-corrected chi connectivity index (χ1v) is 15.9. The lowest BCUT2D eigenvalue weighted by Crippen LogP contribution is -2.38. The van der Waals surface area contributed by atoms with Crippen LogP contribution in [0.2, 0.25) is 0 Å². The highest BCUT2D eigenvalue weighted by molar-refractivity contribution is 7.47. The summed E-state index contributed by atoms with van der Waals surface area (Å²) in [6.45, 7) is -1.73. The van der Waals surface area contributed by atoms with Crippen molar-refractivity contribution < 1.29 is 56.7 Å². The largest absolute Gasteiger partial charge is 0.756 e. The van der Waals surface area contributed by atoms with Crippen LogP contribution in [0.3, 0.4) is 0 Å². The molecule has 0 aliphatic carbocycles. The summed E-state index contributed by atoms with van der Waals surface area (Å²) in [6.07, 6.45) is -9.65. The highest BCUT2D eigenvalue weighted by Crippen LogP contribution is 2.52. The molecule has 3 aliphatic heterocycles. The number of nitrogens with two attached hydrogens (primary N) is 2. The van der Waals surface area contributed by atoms with E-state index in [1.54, 1.807) is 0 Å². The number of aromatic amines is 1. The van der Waals surface area contributed by atoms with Crippen molar-refractivity contribution in [2.45, 2.75) is 49.1 Å². The lowest BCUT2D eigenvalue weighted by Gasteiger charge is -2.31. The van der Waals surface area contributed by atoms with Crippen LogP contribution < -0.4 is 21.9 Å². The zero-order valence-electron chi connectivity index (χ0n) is 22.4. The van der Waals surface area contributed by atoms with Gasteiger partial charge in [-0.1, -0.05) is 0 Å². The molecular weight excluding hydrogens is 650 g/mol. The molecule has 0 amide bonds. The highest BCUT2D eigenvalue weighted by Gasteiger charge is 2.53. The minimum atomic E-state index is -5.32. The van der Waals surface area contributed by atoms with E-state index in [1.807, 2.05) is 0 Å². The first kappa shape index (κ1) is 30.2. The number of imidazole rings is 2. The van der Waals surface area contributed by atoms with E-state index in [9.17, 15) is 33.9 Å². The summed E-state index contributed by atoms with van der Waals surface area (Å²) < 4.78 is 60.7. The van der Waals surface area contributed by atoms with Crippen molar-refractivity contribution in [2.24, 2.45) is 0 Å². The van der Waals surface area contributed by atoms with Gasteiger partial charge in [-0.05, 0) is 0 Å². The predicted octanol–water partition coefficient (Wildman–Crippen LogP) is -2.97. The number of H-pyrrole nitrogens is 1. The van der Waals surface area contributed by atoms with E-state index in [0.29, 0.717) is 0 Å². The SMILES string of the molecule is Nc1nc2c(ncn2C2OC3COP(=O)([O-])OC4C(O)C(COP(=O)(O)OC2C3O)OC4n2cnc3c(N)ncnc32)c(=O)[nH]1. The topological polar surface area (TPSA) is 332 Å². The fourth-order valence-electron chi connectivity index (χ4n) is 5.27. The van der Waals surface area contributed by atoms with Crippen LogP contribution in [0.25, 0.3) is 22.3 Å². The van der Waals surface area contributed by atoms with Gasteiger partial charge in [-0.2, -0.15) is 4.98 Å². The van der Waals surface area contributed by atoms with E-state index in [1.165, 1.54) is 10.9 Å². The fourth-order valence-corrected chi connectivity index (χ4v) is 7.12. The maximum atomic E-state index is 13.1. The molecule has 0 spiro atoms. The second-order valence-corrected chi connectivity index (χ2v) is 12.9. The molecule has 45 heavy (non-hydrogen) atoms. The monoisotopic (exact) mass is 673 g/mol. The maximum Gasteiger partial charge on any atom is 0.472 e. The Morgan fingerprint density at radius 3 is 2.18 bits per heavy atom. The van der Waals surface area contributed by atoms with Gasteiger partial charge in [0.1, 0.15) is 48.5 Å². The lowest BCUT2D eigenvalue weighted by atomic mass is 10.1. The van der Waals surface area contributed by atoms with Gasteiger partial charge in [0, 0.05) is 0 Å². The third-order valence-electron chi connectivity index (χ3n) is 7.32. The number of ether oxygens (including phenoxy) is 2. The molecule has 7 heterocycles. The second-order valence-electron chi connectivity index (χ2n) is 10.1. The molecule has 0 saturated carbocycles. The molecule has 23 nitrogen and oxygen atoms in total. The van der Waals surface area contributed by atoms with Crippen molar-refractivity contribution in [1.82, 2.24) is 39.0 Å². The normalized spacial score (nSPS) is 37.7. The molecule has 7 rings (SSSR count). The first-order valence-electron chi connectivity index (χ1n) is 12.9. The molecule has 0 radical (unpaired) electrons. The summed E-state index contributed by atoms with van der Waals surface area (Å²) in [4.78, 5) is 58.1. The van der Waals surface area contributed by atoms with Crippen molar-refractivity contribution in [3.8, 4) is 0 Å². The standard InChI is InChI=1S/C20H24N10O13P2/c21-14-8-15(24-3-23-14)29(4-25-8)18-12-10(31)6(40-18)1-38-45(36,37)43-13-11(32)7(2-39-44(34,35)42-12)41-19(13)30-5-26-9-16(30)27-20(22)28-17(9)33/h3-7,10-13,18-19,31-32H,1-2H2,(H,34,35)(H,36,37)(H2,21,23,24)(H3,22,27,28,33)/p-1. The van der Waals surface area contributed by atoms with E-state index in [2.05, 4.69) is 29.9 Å². The average molecular weight is 673 g/mol. The smallest absolute Gasteiger partial charge is 0.472 e. The van der Waals surface area contributed by atoms with E-state index in [-0.39, 0.29) is 34.1 Å². The third kappa shape index (κ3) is 5.31. The van der Waals surface area contributed by atoms with Gasteiger partial charge in [-0.3, -0.25) is 32.5 Å². The summed E-state index contributed by atoms with van der Waals surface area (Å²) in [5.41, 5.74) is 10.7. The van der Waals surface area contributed by atoms with E-state index < -0.39 is 83.5 Å². The van der Waals surface area contributed by atoms with Crippen molar-refractivity contribution in [1.29, 1.82) is 0 Å². The quantitative estimate of drug-likeness (QED) is 0.116. The molecule has 8 N–H and O–H groups in total. The molecule has 3 saturated heterocycles. The number of phosphoric acid groups is 2. The predicted molar refractivity (Wildman–Crippen MR) is 141 cm³/mol. The van der Waals surface area contributed by atoms with Crippen LogP contribution in [0.15, 0.2) is 23.8 Å². The fraction of sp³-hybridized carbons (Fsp3) is 0.500. The average Bonchev–Trinajstić information content (AvgIpc) is 3.72. The number of aliphatic hydroxyl groups excluding tert-OH is 2. The van der Waals surface area contributed by atoms with Crippen LogP contribution in [0.4, 0.5) is 11.8 Å². The van der Waals surface area contributed by atoms with Gasteiger partial charge in [0.25, 0.3) is 13.4 Å². The maximum absolute atomic E-state index is 13.1. The Labute approximate surface area is 248 Å². The number of phosphoric ester groups is 2. The molecule has 4 bridgehead atoms. The Morgan fingerprint density at radius 2 is 1.49 bits per heavy atom.